The number of aryl methyl sites for hydroxylation is 2. The summed E-state index contributed by atoms with van der Waals surface area (Å²) in [6.45, 7) is 3.82. The average Bonchev–Trinajstić information content (AvgIpc) is 2.38. The normalized spacial score (nSPS) is 10.2. The first-order chi connectivity index (χ1) is 9.52. The third-order valence-corrected chi connectivity index (χ3v) is 3.14. The monoisotopic (exact) mass is 270 g/mol. The molecule has 2 aromatic rings. The summed E-state index contributed by atoms with van der Waals surface area (Å²) >= 11 is 0. The smallest absolute Gasteiger partial charge is 0.258 e. The van der Waals surface area contributed by atoms with E-state index in [2.05, 4.69) is 5.32 Å². The Morgan fingerprint density at radius 3 is 2.60 bits per heavy atom. The fraction of sp³-hybridized carbons (Fsp3) is 0.188. The van der Waals surface area contributed by atoms with Crippen molar-refractivity contribution in [3.63, 3.8) is 0 Å². The molecule has 0 spiro atoms. The quantitative estimate of drug-likeness (QED) is 0.842. The van der Waals surface area contributed by atoms with Gasteiger partial charge in [-0.3, -0.25) is 4.79 Å². The van der Waals surface area contributed by atoms with Gasteiger partial charge in [-0.15, -0.1) is 0 Å². The number of nitrogens with one attached hydrogen (secondary N) is 1. The largest absolute Gasteiger partial charge is 0.495 e. The second-order valence-electron chi connectivity index (χ2n) is 4.70. The fourth-order valence-electron chi connectivity index (χ4n) is 2.10. The van der Waals surface area contributed by atoms with Gasteiger partial charge in [0.2, 0.25) is 0 Å². The van der Waals surface area contributed by atoms with Gasteiger partial charge >= 0.3 is 0 Å². The first kappa shape index (κ1) is 13.9. The summed E-state index contributed by atoms with van der Waals surface area (Å²) < 4.78 is 5.25. The van der Waals surface area contributed by atoms with Gasteiger partial charge in [0.1, 0.15) is 5.75 Å². The van der Waals surface area contributed by atoms with E-state index in [9.17, 15) is 4.79 Å². The molecule has 0 saturated carbocycles. The molecule has 0 aliphatic carbocycles. The number of nitrogens with two attached hydrogens (primary N) is 1. The van der Waals surface area contributed by atoms with Crippen molar-refractivity contribution in [2.45, 2.75) is 13.8 Å². The Kier molecular flexibility index (Phi) is 3.94. The number of rotatable bonds is 3. The molecule has 20 heavy (non-hydrogen) atoms. The predicted molar refractivity (Wildman–Crippen MR) is 81.3 cm³/mol. The van der Waals surface area contributed by atoms with Crippen LogP contribution >= 0.6 is 0 Å². The number of benzene rings is 2. The predicted octanol–water partition coefficient (Wildman–Crippen LogP) is 3.15. The van der Waals surface area contributed by atoms with Gasteiger partial charge < -0.3 is 15.8 Å². The lowest BCUT2D eigenvalue weighted by atomic mass is 10.1. The van der Waals surface area contributed by atoms with Crippen molar-refractivity contribution < 1.29 is 9.53 Å². The van der Waals surface area contributed by atoms with E-state index in [1.807, 2.05) is 44.2 Å². The van der Waals surface area contributed by atoms with Crippen LogP contribution in [0.3, 0.4) is 0 Å². The maximum Gasteiger partial charge on any atom is 0.258 e. The summed E-state index contributed by atoms with van der Waals surface area (Å²) in [6.07, 6.45) is 0. The zero-order valence-electron chi connectivity index (χ0n) is 11.9. The highest BCUT2D eigenvalue weighted by Crippen LogP contribution is 2.27. The molecule has 1 amide bonds. The molecular weight excluding hydrogens is 252 g/mol. The second-order valence-corrected chi connectivity index (χ2v) is 4.70. The van der Waals surface area contributed by atoms with Gasteiger partial charge in [-0.05, 0) is 43.2 Å². The van der Waals surface area contributed by atoms with E-state index in [-0.39, 0.29) is 5.91 Å². The first-order valence-electron chi connectivity index (χ1n) is 6.34. The Bertz CT molecular complexity index is 631. The van der Waals surface area contributed by atoms with E-state index in [1.165, 1.54) is 0 Å². The van der Waals surface area contributed by atoms with E-state index < -0.39 is 0 Å². The van der Waals surface area contributed by atoms with Crippen LogP contribution in [0.4, 0.5) is 11.4 Å². The van der Waals surface area contributed by atoms with Gasteiger partial charge in [0.25, 0.3) is 5.91 Å². The lowest BCUT2D eigenvalue weighted by Gasteiger charge is -2.13. The number of anilines is 2. The standard InChI is InChI=1S/C16H18N2O2/c1-10-7-8-14(20-3)13(9-10)18-16(19)15-11(2)5-4-6-12(15)17/h4-9H,17H2,1-3H3,(H,18,19). The minimum Gasteiger partial charge on any atom is -0.495 e. The number of amides is 1. The first-order valence-corrected chi connectivity index (χ1v) is 6.34. The van der Waals surface area contributed by atoms with Crippen molar-refractivity contribution in [1.82, 2.24) is 0 Å². The SMILES string of the molecule is COc1ccc(C)cc1NC(=O)c1c(C)cccc1N. The highest BCUT2D eigenvalue weighted by molar-refractivity contribution is 6.09. The van der Waals surface area contributed by atoms with Crippen LogP contribution in [0, 0.1) is 13.8 Å². The molecule has 0 aromatic heterocycles. The highest BCUT2D eigenvalue weighted by atomic mass is 16.5. The van der Waals surface area contributed by atoms with Crippen LogP contribution in [0.25, 0.3) is 0 Å². The zero-order chi connectivity index (χ0) is 14.7. The van der Waals surface area contributed by atoms with E-state index in [4.69, 9.17) is 10.5 Å². The third-order valence-electron chi connectivity index (χ3n) is 3.14. The Labute approximate surface area is 118 Å². The van der Waals surface area contributed by atoms with Gasteiger partial charge in [0.05, 0.1) is 18.4 Å². The molecular formula is C16H18N2O2. The molecule has 0 aliphatic heterocycles. The summed E-state index contributed by atoms with van der Waals surface area (Å²) in [4.78, 5) is 12.4. The van der Waals surface area contributed by atoms with E-state index in [1.54, 1.807) is 13.2 Å². The lowest BCUT2D eigenvalue weighted by Crippen LogP contribution is -2.16. The molecule has 0 heterocycles. The van der Waals surface area contributed by atoms with Crippen molar-refractivity contribution in [2.75, 3.05) is 18.2 Å². The zero-order valence-corrected chi connectivity index (χ0v) is 11.9. The molecule has 0 saturated heterocycles. The van der Waals surface area contributed by atoms with Crippen molar-refractivity contribution in [3.8, 4) is 5.75 Å². The Hall–Kier alpha value is -2.49. The van der Waals surface area contributed by atoms with E-state index >= 15 is 0 Å². The number of hydrogen-bond donors (Lipinski definition) is 2. The number of carbonyl (C=O) groups excluding carboxylic acids is 1. The van der Waals surface area contributed by atoms with Gasteiger partial charge in [-0.2, -0.15) is 0 Å². The maximum absolute atomic E-state index is 12.4. The van der Waals surface area contributed by atoms with Crippen molar-refractivity contribution in [2.24, 2.45) is 0 Å². The average molecular weight is 270 g/mol. The van der Waals surface area contributed by atoms with Crippen LogP contribution in [-0.4, -0.2) is 13.0 Å². The third kappa shape index (κ3) is 2.74. The van der Waals surface area contributed by atoms with Crippen LogP contribution < -0.4 is 15.8 Å². The van der Waals surface area contributed by atoms with Crippen molar-refractivity contribution in [1.29, 1.82) is 0 Å². The van der Waals surface area contributed by atoms with Crippen LogP contribution in [-0.2, 0) is 0 Å². The Balaban J connectivity index is 2.35. The Morgan fingerprint density at radius 2 is 1.95 bits per heavy atom. The molecule has 0 aliphatic rings. The summed E-state index contributed by atoms with van der Waals surface area (Å²) in [6, 6.07) is 11.0. The number of ether oxygens (including phenoxy) is 1. The molecule has 0 atom stereocenters. The summed E-state index contributed by atoms with van der Waals surface area (Å²) in [5, 5.41) is 2.86. The molecule has 0 fully saturated rings. The number of methoxy groups -OCH3 is 1. The molecule has 3 N–H and O–H groups in total. The minimum absolute atomic E-state index is 0.232. The maximum atomic E-state index is 12.4. The number of carbonyl (C=O) groups is 1. The van der Waals surface area contributed by atoms with Crippen LogP contribution in [0.5, 0.6) is 5.75 Å². The van der Waals surface area contributed by atoms with Gasteiger partial charge in [-0.25, -0.2) is 0 Å². The minimum atomic E-state index is -0.232. The molecule has 0 unspecified atom stereocenters. The number of nitrogen functional groups attached to an aromatic ring is 1. The summed E-state index contributed by atoms with van der Waals surface area (Å²) in [5.74, 6) is 0.389. The van der Waals surface area contributed by atoms with Crippen LogP contribution in [0.15, 0.2) is 36.4 Å². The van der Waals surface area contributed by atoms with E-state index in [0.29, 0.717) is 22.7 Å². The molecule has 4 nitrogen and oxygen atoms in total. The number of hydrogen-bond acceptors (Lipinski definition) is 3. The molecule has 0 radical (unpaired) electrons. The molecule has 2 rings (SSSR count). The van der Waals surface area contributed by atoms with Gasteiger partial charge in [0, 0.05) is 5.69 Å². The van der Waals surface area contributed by atoms with E-state index in [0.717, 1.165) is 11.1 Å². The second kappa shape index (κ2) is 5.65. The summed E-state index contributed by atoms with van der Waals surface area (Å²) in [5.41, 5.74) is 9.37. The van der Waals surface area contributed by atoms with Gasteiger partial charge in [0.15, 0.2) is 0 Å². The summed E-state index contributed by atoms with van der Waals surface area (Å²) in [7, 11) is 1.57. The van der Waals surface area contributed by atoms with Gasteiger partial charge in [-0.1, -0.05) is 18.2 Å². The Morgan fingerprint density at radius 1 is 1.20 bits per heavy atom. The fourth-order valence-corrected chi connectivity index (χ4v) is 2.10. The topological polar surface area (TPSA) is 64.3 Å². The van der Waals surface area contributed by atoms with Crippen LogP contribution in [0.1, 0.15) is 21.5 Å². The highest BCUT2D eigenvalue weighted by Gasteiger charge is 2.14. The molecule has 2 aromatic carbocycles. The van der Waals surface area contributed by atoms with Crippen molar-refractivity contribution >= 4 is 17.3 Å². The van der Waals surface area contributed by atoms with Crippen LogP contribution in [0.2, 0.25) is 0 Å². The van der Waals surface area contributed by atoms with Crippen molar-refractivity contribution in [3.05, 3.63) is 53.1 Å². The molecule has 0 bridgehead atoms. The lowest BCUT2D eigenvalue weighted by molar-refractivity contribution is 0.102. The molecule has 104 valence electrons. The molecule has 4 heteroatoms.